The van der Waals surface area contributed by atoms with E-state index in [1.54, 1.807) is 6.07 Å². The molecule has 1 amide bonds. The SMILES string of the molecule is O=C(COC(=O)c1ccc(COc2ccccc2)o1)NC1CCCC1. The predicted molar refractivity (Wildman–Crippen MR) is 90.2 cm³/mol. The van der Waals surface area contributed by atoms with Crippen LogP contribution < -0.4 is 10.1 Å². The Kier molecular flexibility index (Phi) is 5.72. The van der Waals surface area contributed by atoms with Crippen LogP contribution in [0.3, 0.4) is 0 Å². The van der Waals surface area contributed by atoms with E-state index in [1.807, 2.05) is 30.3 Å². The Hall–Kier alpha value is -2.76. The number of hydrogen-bond acceptors (Lipinski definition) is 5. The molecule has 1 N–H and O–H groups in total. The van der Waals surface area contributed by atoms with Crippen molar-refractivity contribution in [3.05, 3.63) is 54.0 Å². The van der Waals surface area contributed by atoms with Crippen LogP contribution in [0.4, 0.5) is 0 Å². The van der Waals surface area contributed by atoms with Crippen LogP contribution in [0.25, 0.3) is 0 Å². The highest BCUT2D eigenvalue weighted by Gasteiger charge is 2.19. The van der Waals surface area contributed by atoms with Gasteiger partial charge in [0.05, 0.1) is 0 Å². The normalized spacial score (nSPS) is 14.2. The highest BCUT2D eigenvalue weighted by atomic mass is 16.6. The van der Waals surface area contributed by atoms with Gasteiger partial charge < -0.3 is 19.2 Å². The van der Waals surface area contributed by atoms with Crippen LogP contribution in [-0.4, -0.2) is 24.5 Å². The van der Waals surface area contributed by atoms with Gasteiger partial charge in [0.15, 0.2) is 6.61 Å². The minimum absolute atomic E-state index is 0.0559. The van der Waals surface area contributed by atoms with Crippen molar-refractivity contribution in [3.63, 3.8) is 0 Å². The minimum atomic E-state index is -0.660. The lowest BCUT2D eigenvalue weighted by Crippen LogP contribution is -2.35. The van der Waals surface area contributed by atoms with Crippen LogP contribution in [0.15, 0.2) is 46.9 Å². The predicted octanol–water partition coefficient (Wildman–Crippen LogP) is 3.07. The second-order valence-electron chi connectivity index (χ2n) is 5.99. The van der Waals surface area contributed by atoms with Crippen molar-refractivity contribution in [1.29, 1.82) is 0 Å². The molecular formula is C19H21NO5. The number of amides is 1. The lowest BCUT2D eigenvalue weighted by Gasteiger charge is -2.11. The first kappa shape index (κ1) is 17.1. The average molecular weight is 343 g/mol. The molecular weight excluding hydrogens is 322 g/mol. The van der Waals surface area contributed by atoms with Gasteiger partial charge in [-0.2, -0.15) is 0 Å². The van der Waals surface area contributed by atoms with Crippen molar-refractivity contribution >= 4 is 11.9 Å². The third-order valence-electron chi connectivity index (χ3n) is 4.04. The largest absolute Gasteiger partial charge is 0.486 e. The topological polar surface area (TPSA) is 77.8 Å². The summed E-state index contributed by atoms with van der Waals surface area (Å²) in [5.41, 5.74) is 0. The fourth-order valence-corrected chi connectivity index (χ4v) is 2.78. The molecule has 132 valence electrons. The smallest absolute Gasteiger partial charge is 0.374 e. The Balaban J connectivity index is 1.43. The molecule has 6 heteroatoms. The quantitative estimate of drug-likeness (QED) is 0.782. The lowest BCUT2D eigenvalue weighted by molar-refractivity contribution is -0.124. The summed E-state index contributed by atoms with van der Waals surface area (Å²) < 4.78 is 15.9. The first-order chi connectivity index (χ1) is 12.2. The zero-order valence-electron chi connectivity index (χ0n) is 13.9. The molecule has 1 fully saturated rings. The summed E-state index contributed by atoms with van der Waals surface area (Å²) in [6.45, 7) is -0.0919. The number of hydrogen-bond donors (Lipinski definition) is 1. The second kappa shape index (κ2) is 8.37. The van der Waals surface area contributed by atoms with Crippen molar-refractivity contribution in [2.45, 2.75) is 38.3 Å². The highest BCUT2D eigenvalue weighted by molar-refractivity contribution is 5.88. The van der Waals surface area contributed by atoms with E-state index in [1.165, 1.54) is 6.07 Å². The van der Waals surface area contributed by atoms with E-state index in [0.717, 1.165) is 25.7 Å². The maximum absolute atomic E-state index is 11.9. The van der Waals surface area contributed by atoms with Crippen LogP contribution in [0.1, 0.15) is 42.0 Å². The summed E-state index contributed by atoms with van der Waals surface area (Å²) in [6, 6.07) is 12.7. The molecule has 3 rings (SSSR count). The molecule has 0 saturated heterocycles. The van der Waals surface area contributed by atoms with Gasteiger partial charge in [0.1, 0.15) is 18.1 Å². The van der Waals surface area contributed by atoms with E-state index in [4.69, 9.17) is 13.9 Å². The molecule has 6 nitrogen and oxygen atoms in total. The summed E-state index contributed by atoms with van der Waals surface area (Å²) >= 11 is 0. The first-order valence-electron chi connectivity index (χ1n) is 8.44. The van der Waals surface area contributed by atoms with E-state index in [0.29, 0.717) is 11.5 Å². The Labute approximate surface area is 146 Å². The van der Waals surface area contributed by atoms with Gasteiger partial charge >= 0.3 is 5.97 Å². The average Bonchev–Trinajstić information content (AvgIpc) is 3.30. The number of benzene rings is 1. The number of para-hydroxylation sites is 1. The summed E-state index contributed by atoms with van der Waals surface area (Å²) in [4.78, 5) is 23.7. The van der Waals surface area contributed by atoms with Gasteiger partial charge in [0, 0.05) is 6.04 Å². The molecule has 1 aromatic heterocycles. The molecule has 0 aliphatic heterocycles. The Morgan fingerprint density at radius 2 is 1.84 bits per heavy atom. The lowest BCUT2D eigenvalue weighted by atomic mass is 10.2. The van der Waals surface area contributed by atoms with Crippen molar-refractivity contribution < 1.29 is 23.5 Å². The number of furan rings is 1. The fourth-order valence-electron chi connectivity index (χ4n) is 2.78. The minimum Gasteiger partial charge on any atom is -0.486 e. The number of ether oxygens (including phenoxy) is 2. The van der Waals surface area contributed by atoms with Crippen LogP contribution in [0, 0.1) is 0 Å². The van der Waals surface area contributed by atoms with Crippen molar-refractivity contribution in [2.24, 2.45) is 0 Å². The molecule has 1 aromatic carbocycles. The van der Waals surface area contributed by atoms with E-state index < -0.39 is 5.97 Å². The van der Waals surface area contributed by atoms with Crippen molar-refractivity contribution in [1.82, 2.24) is 5.32 Å². The second-order valence-corrected chi connectivity index (χ2v) is 5.99. The van der Waals surface area contributed by atoms with E-state index in [-0.39, 0.29) is 30.9 Å². The maximum atomic E-state index is 11.9. The van der Waals surface area contributed by atoms with Gasteiger partial charge in [-0.15, -0.1) is 0 Å². The Bertz CT molecular complexity index is 704. The Morgan fingerprint density at radius 3 is 2.60 bits per heavy atom. The van der Waals surface area contributed by atoms with Gasteiger partial charge in [-0.3, -0.25) is 4.79 Å². The molecule has 25 heavy (non-hydrogen) atoms. The zero-order valence-corrected chi connectivity index (χ0v) is 13.9. The molecule has 0 radical (unpaired) electrons. The van der Waals surface area contributed by atoms with Gasteiger partial charge in [-0.25, -0.2) is 4.79 Å². The molecule has 1 heterocycles. The third-order valence-corrected chi connectivity index (χ3v) is 4.04. The summed E-state index contributed by atoms with van der Waals surface area (Å²) in [5, 5.41) is 2.86. The molecule has 2 aromatic rings. The number of nitrogens with one attached hydrogen (secondary N) is 1. The van der Waals surface area contributed by atoms with E-state index >= 15 is 0 Å². The molecule has 1 aliphatic rings. The van der Waals surface area contributed by atoms with E-state index in [9.17, 15) is 9.59 Å². The molecule has 1 aliphatic carbocycles. The van der Waals surface area contributed by atoms with Gasteiger partial charge in [-0.05, 0) is 37.1 Å². The van der Waals surface area contributed by atoms with Crippen molar-refractivity contribution in [2.75, 3.05) is 6.61 Å². The Morgan fingerprint density at radius 1 is 1.08 bits per heavy atom. The molecule has 0 spiro atoms. The first-order valence-corrected chi connectivity index (χ1v) is 8.44. The molecule has 1 saturated carbocycles. The molecule has 0 unspecified atom stereocenters. The van der Waals surface area contributed by atoms with Crippen LogP contribution in [0.5, 0.6) is 5.75 Å². The zero-order chi connectivity index (χ0) is 17.5. The van der Waals surface area contributed by atoms with Gasteiger partial charge in [0.2, 0.25) is 5.76 Å². The highest BCUT2D eigenvalue weighted by Crippen LogP contribution is 2.17. The standard InChI is InChI=1S/C19H21NO5/c21-18(20-14-6-4-5-7-14)13-24-19(22)17-11-10-16(25-17)12-23-15-8-2-1-3-9-15/h1-3,8-11,14H,4-7,12-13H2,(H,20,21). The summed E-state index contributed by atoms with van der Waals surface area (Å²) in [7, 11) is 0. The van der Waals surface area contributed by atoms with Gasteiger partial charge in [-0.1, -0.05) is 31.0 Å². The molecule has 0 atom stereocenters. The molecule has 0 bridgehead atoms. The van der Waals surface area contributed by atoms with Crippen LogP contribution >= 0.6 is 0 Å². The van der Waals surface area contributed by atoms with Crippen LogP contribution in [-0.2, 0) is 16.1 Å². The summed E-state index contributed by atoms with van der Waals surface area (Å²) in [5.74, 6) is 0.338. The fraction of sp³-hybridized carbons (Fsp3) is 0.368. The number of carbonyl (C=O) groups is 2. The third kappa shape index (κ3) is 5.11. The number of esters is 1. The number of carbonyl (C=O) groups excluding carboxylic acids is 2. The number of rotatable bonds is 7. The maximum Gasteiger partial charge on any atom is 0.374 e. The van der Waals surface area contributed by atoms with Crippen molar-refractivity contribution in [3.8, 4) is 5.75 Å². The monoisotopic (exact) mass is 343 g/mol. The van der Waals surface area contributed by atoms with Gasteiger partial charge in [0.25, 0.3) is 5.91 Å². The summed E-state index contributed by atoms with van der Waals surface area (Å²) in [6.07, 6.45) is 4.24. The van der Waals surface area contributed by atoms with Crippen LogP contribution in [0.2, 0.25) is 0 Å². The van der Waals surface area contributed by atoms with E-state index in [2.05, 4.69) is 5.32 Å².